The minimum absolute atomic E-state index is 0. The van der Waals surface area contributed by atoms with Crippen LogP contribution in [0, 0.1) is 10.7 Å². The summed E-state index contributed by atoms with van der Waals surface area (Å²) in [6.07, 6.45) is 0. The summed E-state index contributed by atoms with van der Waals surface area (Å²) in [5.41, 5.74) is 0. The third kappa shape index (κ3) is 10.9. The van der Waals surface area contributed by atoms with Crippen LogP contribution in [0.3, 0.4) is 0 Å². The number of hydrogen-bond donors (Lipinski definition) is 0. The Balaban J connectivity index is 0. The van der Waals surface area contributed by atoms with E-state index in [1.54, 1.807) is 5.40 Å². The molecule has 0 aromatic carbocycles. The number of rotatable bonds is 0. The summed E-state index contributed by atoms with van der Waals surface area (Å²) in [4.78, 5) is 0. The van der Waals surface area contributed by atoms with E-state index in [0.29, 0.717) is 0 Å². The van der Waals surface area contributed by atoms with Crippen molar-refractivity contribution in [3.63, 3.8) is 0 Å². The maximum absolute atomic E-state index is 7.53. The van der Waals surface area contributed by atoms with Crippen molar-refractivity contribution in [2.24, 2.45) is 0 Å². The van der Waals surface area contributed by atoms with Gasteiger partial charge in [0, 0.05) is 27.7 Å². The molecule has 0 bridgehead atoms. The van der Waals surface area contributed by atoms with Crippen molar-refractivity contribution in [2.75, 3.05) is 0 Å². The second kappa shape index (κ2) is 9.00. The number of nitriles is 1. The maximum atomic E-state index is 7.53. The average molecular weight is 315 g/mol. The van der Waals surface area contributed by atoms with Crippen molar-refractivity contribution in [2.45, 2.75) is 0 Å². The molecule has 0 atom stereocenters. The normalized spacial score (nSPS) is 4.00. The second-order valence-corrected chi connectivity index (χ2v) is 1.17. The van der Waals surface area contributed by atoms with Gasteiger partial charge >= 0.3 is 35.7 Å². The summed E-state index contributed by atoms with van der Waals surface area (Å²) in [7, 11) is 0.912. The van der Waals surface area contributed by atoms with Crippen molar-refractivity contribution in [1.82, 2.24) is 0 Å². The molecular formula is CFeHgNS. The van der Waals surface area contributed by atoms with E-state index in [9.17, 15) is 0 Å². The molecule has 5 heavy (non-hydrogen) atoms. The largest absolute Gasteiger partial charge is 0 e. The van der Waals surface area contributed by atoms with Crippen LogP contribution in [0.15, 0.2) is 0 Å². The maximum Gasteiger partial charge on any atom is 0 e. The van der Waals surface area contributed by atoms with Gasteiger partial charge in [-0.15, -0.1) is 0 Å². The van der Waals surface area contributed by atoms with E-state index in [2.05, 4.69) is 14.9 Å². The first-order valence-corrected chi connectivity index (χ1v) is 2.62. The fourth-order valence-electron chi connectivity index (χ4n) is 0. The van der Waals surface area contributed by atoms with Gasteiger partial charge in [0.15, 0.2) is 0 Å². The van der Waals surface area contributed by atoms with Gasteiger partial charge in [0.05, 0.1) is 0 Å². The van der Waals surface area contributed by atoms with Crippen LogP contribution >= 0.6 is 10.2 Å². The molecule has 0 aliphatic heterocycles. The summed E-state index contributed by atoms with van der Waals surface area (Å²) in [6, 6.07) is 0. The first kappa shape index (κ1) is 9.57. The molecule has 0 spiro atoms. The second-order valence-electron chi connectivity index (χ2n) is 0.163. The fraction of sp³-hybridized carbons (Fsp3) is 0. The first-order chi connectivity index (χ1) is 1.91. The fourth-order valence-corrected chi connectivity index (χ4v) is 0. The molecule has 0 aliphatic rings. The Kier molecular flexibility index (Phi) is 17.2. The van der Waals surface area contributed by atoms with E-state index < -0.39 is 0 Å². The summed E-state index contributed by atoms with van der Waals surface area (Å²) >= 11 is 3.16. The van der Waals surface area contributed by atoms with Gasteiger partial charge in [0.2, 0.25) is 0 Å². The van der Waals surface area contributed by atoms with Crippen molar-refractivity contribution >= 4 is 10.2 Å². The Morgan fingerprint density at radius 3 is 2.00 bits per heavy atom. The summed E-state index contributed by atoms with van der Waals surface area (Å²) < 4.78 is 0. The molecule has 1 nitrogen and oxygen atoms in total. The Labute approximate surface area is 62.9 Å². The Morgan fingerprint density at radius 1 is 1.80 bits per heavy atom. The molecular weight excluding hydrogens is 315 g/mol. The van der Waals surface area contributed by atoms with E-state index in [4.69, 9.17) is 5.26 Å². The molecule has 0 amide bonds. The molecule has 0 saturated carbocycles. The van der Waals surface area contributed by atoms with E-state index >= 15 is 0 Å². The minimum atomic E-state index is 0. The van der Waals surface area contributed by atoms with Gasteiger partial charge in [-0.05, 0) is 0 Å². The number of nitrogens with zero attached hydrogens (tertiary/aromatic N) is 1. The van der Waals surface area contributed by atoms with Crippen LogP contribution in [-0.4, -0.2) is 0 Å². The van der Waals surface area contributed by atoms with Gasteiger partial charge in [0.25, 0.3) is 0 Å². The van der Waals surface area contributed by atoms with Crippen LogP contribution in [-0.2, 0) is 42.6 Å². The van der Waals surface area contributed by atoms with Gasteiger partial charge in [-0.2, -0.15) is 0 Å². The molecule has 25 valence electrons. The van der Waals surface area contributed by atoms with Crippen LogP contribution in [0.25, 0.3) is 0 Å². The zero-order valence-electron chi connectivity index (χ0n) is 2.42. The standard InChI is InChI=1S/CHNS.Fe.Hg/c2-1-3;;/h3H;;/q;+1;/p-1. The number of thiocyanates is 1. The summed E-state index contributed by atoms with van der Waals surface area (Å²) in [5.74, 6) is 0. The van der Waals surface area contributed by atoms with Gasteiger partial charge in [-0.25, -0.2) is 0 Å². The summed E-state index contributed by atoms with van der Waals surface area (Å²) in [5, 5.41) is 9.26. The molecule has 0 rings (SSSR count). The predicted octanol–water partition coefficient (Wildman–Crippen LogP) is 0.660. The van der Waals surface area contributed by atoms with Crippen LogP contribution in [0.1, 0.15) is 0 Å². The van der Waals surface area contributed by atoms with E-state index in [-0.39, 0.29) is 27.7 Å². The molecule has 0 saturated heterocycles. The van der Waals surface area contributed by atoms with Crippen molar-refractivity contribution in [3.05, 3.63) is 0 Å². The van der Waals surface area contributed by atoms with Gasteiger partial charge in [-0.1, -0.05) is 0 Å². The minimum Gasteiger partial charge on any atom is 0 e. The molecule has 4 heteroatoms. The molecule has 0 unspecified atom stereocenters. The van der Waals surface area contributed by atoms with Crippen LogP contribution in [0.2, 0.25) is 0 Å². The van der Waals surface area contributed by atoms with Crippen molar-refractivity contribution < 1.29 is 42.6 Å². The molecule has 0 aromatic rings. The molecule has 0 N–H and O–H groups in total. The Bertz CT molecular complexity index is 41.4. The third-order valence-corrected chi connectivity index (χ3v) is 0.399. The SMILES string of the molecule is N#C[S][Fe].[Hg]. The van der Waals surface area contributed by atoms with Crippen molar-refractivity contribution in [3.8, 4) is 5.40 Å². The monoisotopic (exact) mass is 316 g/mol. The van der Waals surface area contributed by atoms with Crippen LogP contribution in [0.5, 0.6) is 0 Å². The Hall–Kier alpha value is 1.29. The van der Waals surface area contributed by atoms with E-state index in [0.717, 1.165) is 10.2 Å². The zero-order chi connectivity index (χ0) is 3.41. The third-order valence-electron chi connectivity index (χ3n) is 0.0323. The topological polar surface area (TPSA) is 23.8 Å². The van der Waals surface area contributed by atoms with Gasteiger partial charge in [-0.3, -0.25) is 0 Å². The smallest absolute Gasteiger partial charge is 0 e. The first-order valence-electron chi connectivity index (χ1n) is 0.572. The molecule has 0 heterocycles. The summed E-state index contributed by atoms with van der Waals surface area (Å²) in [6.45, 7) is 0. The molecule has 0 radical (unpaired) electrons. The zero-order valence-corrected chi connectivity index (χ0v) is 9.83. The quantitative estimate of drug-likeness (QED) is 0.484. The molecule has 0 aromatic heterocycles. The predicted molar refractivity (Wildman–Crippen MR) is 13.2 cm³/mol. The molecule has 0 aliphatic carbocycles. The van der Waals surface area contributed by atoms with Gasteiger partial charge < -0.3 is 0 Å². The van der Waals surface area contributed by atoms with Crippen LogP contribution < -0.4 is 0 Å². The van der Waals surface area contributed by atoms with E-state index in [1.165, 1.54) is 0 Å². The van der Waals surface area contributed by atoms with Crippen LogP contribution in [0.4, 0.5) is 0 Å². The van der Waals surface area contributed by atoms with E-state index in [1.807, 2.05) is 0 Å². The number of hydrogen-bond acceptors (Lipinski definition) is 2. The van der Waals surface area contributed by atoms with Gasteiger partial charge in [0.1, 0.15) is 0 Å². The Morgan fingerprint density at radius 2 is 2.00 bits per heavy atom. The van der Waals surface area contributed by atoms with Crippen molar-refractivity contribution in [1.29, 1.82) is 5.26 Å². The molecule has 0 fully saturated rings. The average Bonchev–Trinajstić information content (AvgIpc) is 1.37.